The maximum atomic E-state index is 12.2. The van der Waals surface area contributed by atoms with Crippen molar-refractivity contribution in [2.45, 2.75) is 39.2 Å². The van der Waals surface area contributed by atoms with Crippen LogP contribution >= 0.6 is 15.9 Å². The largest absolute Gasteiger partial charge is 0.497 e. The van der Waals surface area contributed by atoms with Crippen molar-refractivity contribution < 1.29 is 19.0 Å². The lowest BCUT2D eigenvalue weighted by Gasteiger charge is -2.13. The van der Waals surface area contributed by atoms with Gasteiger partial charge in [-0.05, 0) is 55.8 Å². The summed E-state index contributed by atoms with van der Waals surface area (Å²) < 4.78 is 17.4. The van der Waals surface area contributed by atoms with Crippen molar-refractivity contribution in [3.63, 3.8) is 0 Å². The van der Waals surface area contributed by atoms with Gasteiger partial charge < -0.3 is 14.2 Å². The van der Waals surface area contributed by atoms with E-state index < -0.39 is 6.10 Å². The van der Waals surface area contributed by atoms with Crippen molar-refractivity contribution in [2.75, 3.05) is 13.7 Å². The van der Waals surface area contributed by atoms with Crippen LogP contribution < -0.4 is 19.6 Å². The molecule has 0 saturated carbocycles. The molecule has 29 heavy (non-hydrogen) atoms. The minimum absolute atomic E-state index is 0.347. The van der Waals surface area contributed by atoms with Gasteiger partial charge in [0.15, 0.2) is 6.10 Å². The highest BCUT2D eigenvalue weighted by molar-refractivity contribution is 9.10. The van der Waals surface area contributed by atoms with E-state index in [1.807, 2.05) is 30.3 Å². The summed E-state index contributed by atoms with van der Waals surface area (Å²) >= 11 is 3.43. The molecule has 7 heteroatoms. The maximum Gasteiger partial charge on any atom is 0.280 e. The van der Waals surface area contributed by atoms with E-state index in [0.29, 0.717) is 18.1 Å². The number of hydrogen-bond acceptors (Lipinski definition) is 5. The molecule has 0 fully saturated rings. The number of amides is 1. The third-order valence-corrected chi connectivity index (χ3v) is 4.83. The fourth-order valence-corrected chi connectivity index (χ4v) is 2.77. The van der Waals surface area contributed by atoms with E-state index in [1.54, 1.807) is 32.4 Å². The van der Waals surface area contributed by atoms with Crippen LogP contribution in [0.4, 0.5) is 0 Å². The Morgan fingerprint density at radius 1 is 1.14 bits per heavy atom. The number of carbonyl (C=O) groups is 1. The molecule has 0 bridgehead atoms. The first-order valence-corrected chi connectivity index (χ1v) is 10.4. The topological polar surface area (TPSA) is 69.2 Å². The van der Waals surface area contributed by atoms with Gasteiger partial charge in [-0.3, -0.25) is 4.79 Å². The monoisotopic (exact) mass is 462 g/mol. The first-order valence-electron chi connectivity index (χ1n) is 9.59. The van der Waals surface area contributed by atoms with Crippen molar-refractivity contribution in [2.24, 2.45) is 5.10 Å². The van der Waals surface area contributed by atoms with E-state index >= 15 is 0 Å². The number of nitrogens with zero attached hydrogens (tertiary/aromatic N) is 1. The summed E-state index contributed by atoms with van der Waals surface area (Å²) in [5.74, 6) is 1.74. The second-order valence-electron chi connectivity index (χ2n) is 6.41. The molecule has 0 aliphatic rings. The van der Waals surface area contributed by atoms with E-state index in [4.69, 9.17) is 14.2 Å². The number of nitrogens with one attached hydrogen (secondary N) is 1. The highest BCUT2D eigenvalue weighted by Gasteiger charge is 2.14. The predicted molar refractivity (Wildman–Crippen MR) is 118 cm³/mol. The summed E-state index contributed by atoms with van der Waals surface area (Å²) in [6.45, 7) is 4.53. The molecule has 0 unspecified atom stereocenters. The molecule has 1 N–H and O–H groups in total. The van der Waals surface area contributed by atoms with Gasteiger partial charge in [0, 0.05) is 10.0 Å². The van der Waals surface area contributed by atoms with Gasteiger partial charge in [0.05, 0.1) is 19.9 Å². The molecule has 6 nitrogen and oxygen atoms in total. The van der Waals surface area contributed by atoms with Crippen LogP contribution in [-0.4, -0.2) is 31.9 Å². The van der Waals surface area contributed by atoms with Crippen molar-refractivity contribution >= 4 is 28.1 Å². The van der Waals surface area contributed by atoms with Gasteiger partial charge in [0.25, 0.3) is 5.91 Å². The number of unbranched alkanes of at least 4 members (excludes halogenated alkanes) is 2. The lowest BCUT2D eigenvalue weighted by molar-refractivity contribution is -0.127. The van der Waals surface area contributed by atoms with Crippen molar-refractivity contribution in [1.82, 2.24) is 5.43 Å². The summed E-state index contributed by atoms with van der Waals surface area (Å²) in [5.41, 5.74) is 3.27. The standard InChI is InChI=1S/C22H27BrN2O4/c1-4-5-6-13-28-18-7-9-19(10-8-18)29-16(2)22(26)25-24-15-17-14-20(27-3)11-12-21(17)23/h7-12,14-16H,4-6,13H2,1-3H3,(H,25,26)/b24-15-/t16-/m1/s1. The maximum absolute atomic E-state index is 12.2. The summed E-state index contributed by atoms with van der Waals surface area (Å²) in [6, 6.07) is 12.7. The van der Waals surface area contributed by atoms with Gasteiger partial charge in [0.2, 0.25) is 0 Å². The highest BCUT2D eigenvalue weighted by Crippen LogP contribution is 2.21. The Balaban J connectivity index is 1.82. The van der Waals surface area contributed by atoms with Crippen LogP contribution in [0.15, 0.2) is 52.0 Å². The first-order chi connectivity index (χ1) is 14.0. The number of benzene rings is 2. The Bertz CT molecular complexity index is 809. The molecule has 0 aliphatic carbocycles. The van der Waals surface area contributed by atoms with Crippen molar-refractivity contribution in [3.8, 4) is 17.2 Å². The fourth-order valence-electron chi connectivity index (χ4n) is 2.42. The number of rotatable bonds is 11. The van der Waals surface area contributed by atoms with E-state index in [0.717, 1.165) is 35.0 Å². The third kappa shape index (κ3) is 7.77. The number of methoxy groups -OCH3 is 1. The van der Waals surface area contributed by atoms with E-state index in [-0.39, 0.29) is 5.91 Å². The lowest BCUT2D eigenvalue weighted by atomic mass is 10.2. The molecular weight excluding hydrogens is 436 g/mol. The zero-order valence-electron chi connectivity index (χ0n) is 17.0. The Morgan fingerprint density at radius 2 is 1.83 bits per heavy atom. The number of ether oxygens (including phenoxy) is 3. The molecule has 0 spiro atoms. The molecule has 0 aromatic heterocycles. The average Bonchev–Trinajstić information content (AvgIpc) is 2.73. The molecule has 0 radical (unpaired) electrons. The molecule has 0 aliphatic heterocycles. The Labute approximate surface area is 180 Å². The fraction of sp³-hybridized carbons (Fsp3) is 0.364. The Hall–Kier alpha value is -2.54. The van der Waals surface area contributed by atoms with Gasteiger partial charge in [0.1, 0.15) is 17.2 Å². The lowest BCUT2D eigenvalue weighted by Crippen LogP contribution is -2.33. The van der Waals surface area contributed by atoms with E-state index in [2.05, 4.69) is 33.4 Å². The Morgan fingerprint density at radius 3 is 2.52 bits per heavy atom. The van der Waals surface area contributed by atoms with Crippen LogP contribution in [0.5, 0.6) is 17.2 Å². The SMILES string of the molecule is CCCCCOc1ccc(O[C@H](C)C(=O)N/N=C\c2cc(OC)ccc2Br)cc1. The highest BCUT2D eigenvalue weighted by atomic mass is 79.9. The second-order valence-corrected chi connectivity index (χ2v) is 7.26. The van der Waals surface area contributed by atoms with Gasteiger partial charge in [-0.25, -0.2) is 5.43 Å². The minimum Gasteiger partial charge on any atom is -0.497 e. The minimum atomic E-state index is -0.697. The van der Waals surface area contributed by atoms with Crippen LogP contribution in [-0.2, 0) is 4.79 Å². The zero-order chi connectivity index (χ0) is 21.1. The summed E-state index contributed by atoms with van der Waals surface area (Å²) in [6.07, 6.45) is 4.21. The molecule has 1 atom stereocenters. The van der Waals surface area contributed by atoms with Crippen LogP contribution in [0.3, 0.4) is 0 Å². The average molecular weight is 463 g/mol. The summed E-state index contributed by atoms with van der Waals surface area (Å²) in [7, 11) is 1.59. The van der Waals surface area contributed by atoms with Crippen molar-refractivity contribution in [3.05, 3.63) is 52.5 Å². The van der Waals surface area contributed by atoms with Gasteiger partial charge >= 0.3 is 0 Å². The van der Waals surface area contributed by atoms with Gasteiger partial charge in [-0.15, -0.1) is 0 Å². The van der Waals surface area contributed by atoms with Crippen LogP contribution in [0.2, 0.25) is 0 Å². The predicted octanol–water partition coefficient (Wildman–Crippen LogP) is 4.94. The van der Waals surface area contributed by atoms with Crippen LogP contribution in [0, 0.1) is 0 Å². The molecule has 2 aromatic rings. The van der Waals surface area contributed by atoms with E-state index in [9.17, 15) is 4.79 Å². The molecule has 2 rings (SSSR count). The van der Waals surface area contributed by atoms with Gasteiger partial charge in [-0.2, -0.15) is 5.10 Å². The summed E-state index contributed by atoms with van der Waals surface area (Å²) in [4.78, 5) is 12.2. The van der Waals surface area contributed by atoms with Crippen molar-refractivity contribution in [1.29, 1.82) is 0 Å². The normalized spacial score (nSPS) is 11.9. The molecule has 2 aromatic carbocycles. The van der Waals surface area contributed by atoms with Crippen LogP contribution in [0.1, 0.15) is 38.7 Å². The third-order valence-electron chi connectivity index (χ3n) is 4.10. The summed E-state index contributed by atoms with van der Waals surface area (Å²) in [5, 5.41) is 3.99. The smallest absolute Gasteiger partial charge is 0.280 e. The number of hydrazone groups is 1. The van der Waals surface area contributed by atoms with E-state index in [1.165, 1.54) is 0 Å². The van der Waals surface area contributed by atoms with Crippen LogP contribution in [0.25, 0.3) is 0 Å². The first kappa shape index (κ1) is 22.7. The molecule has 0 heterocycles. The molecule has 0 saturated heterocycles. The zero-order valence-corrected chi connectivity index (χ0v) is 18.6. The number of halogens is 1. The quantitative estimate of drug-likeness (QED) is 0.291. The Kier molecular flexibility index (Phi) is 9.50. The van der Waals surface area contributed by atoms with Gasteiger partial charge in [-0.1, -0.05) is 35.7 Å². The number of carbonyl (C=O) groups excluding carboxylic acids is 1. The molecular formula is C22H27BrN2O4. The number of hydrogen-bond donors (Lipinski definition) is 1. The second kappa shape index (κ2) is 12.1. The molecule has 1 amide bonds. The molecule has 156 valence electrons.